The van der Waals surface area contributed by atoms with Crippen molar-refractivity contribution in [3.05, 3.63) is 0 Å². The molecule has 1 atom stereocenters. The van der Waals surface area contributed by atoms with Gasteiger partial charge in [-0.1, -0.05) is 20.8 Å². The van der Waals surface area contributed by atoms with Crippen molar-refractivity contribution in [3.63, 3.8) is 0 Å². The van der Waals surface area contributed by atoms with Crippen LogP contribution in [0.15, 0.2) is 0 Å². The summed E-state index contributed by atoms with van der Waals surface area (Å²) in [6.45, 7) is 11.5. The van der Waals surface area contributed by atoms with Crippen LogP contribution in [0.3, 0.4) is 0 Å². The van der Waals surface area contributed by atoms with Crippen molar-refractivity contribution in [2.24, 2.45) is 11.3 Å². The molecule has 1 rings (SSSR count). The quantitative estimate of drug-likeness (QED) is 0.827. The molecule has 19 heavy (non-hydrogen) atoms. The zero-order valence-corrected chi connectivity index (χ0v) is 12.6. The van der Waals surface area contributed by atoms with E-state index in [1.807, 2.05) is 0 Å². The zero-order chi connectivity index (χ0) is 14.8. The highest BCUT2D eigenvalue weighted by molar-refractivity contribution is 5.77. The molecule has 0 saturated carbocycles. The lowest BCUT2D eigenvalue weighted by atomic mass is 9.80. The van der Waals surface area contributed by atoms with Crippen LogP contribution in [0.5, 0.6) is 0 Å². The maximum atomic E-state index is 12.1. The number of carboxylic acid groups (broad SMARTS) is 1. The first kappa shape index (κ1) is 15.8. The molecule has 2 amide bonds. The molecule has 0 aromatic carbocycles. The van der Waals surface area contributed by atoms with Gasteiger partial charge < -0.3 is 15.3 Å². The molecule has 2 N–H and O–H groups in total. The molecule has 1 fully saturated rings. The minimum absolute atomic E-state index is 0.0741. The molecule has 1 heterocycles. The fourth-order valence-corrected chi connectivity index (χ4v) is 2.44. The third-order valence-electron chi connectivity index (χ3n) is 3.74. The first-order valence-corrected chi connectivity index (χ1v) is 6.80. The minimum Gasteiger partial charge on any atom is -0.481 e. The van der Waals surface area contributed by atoms with Gasteiger partial charge in [0, 0.05) is 18.6 Å². The summed E-state index contributed by atoms with van der Waals surface area (Å²) in [6.07, 6.45) is 0.936. The molecular formula is C14H26N2O3. The molecule has 0 bridgehead atoms. The minimum atomic E-state index is -0.903. The molecule has 1 aliphatic rings. The Kier molecular flexibility index (Phi) is 4.48. The van der Waals surface area contributed by atoms with E-state index in [2.05, 4.69) is 26.1 Å². The van der Waals surface area contributed by atoms with Crippen LogP contribution >= 0.6 is 0 Å². The molecule has 1 unspecified atom stereocenters. The third kappa shape index (κ3) is 4.73. The van der Waals surface area contributed by atoms with Gasteiger partial charge in [-0.2, -0.15) is 0 Å². The maximum Gasteiger partial charge on any atom is 0.317 e. The molecule has 1 saturated heterocycles. The van der Waals surface area contributed by atoms with E-state index in [1.165, 1.54) is 0 Å². The molecule has 1 aliphatic heterocycles. The summed E-state index contributed by atoms with van der Waals surface area (Å²) in [7, 11) is 0. The van der Waals surface area contributed by atoms with Crippen LogP contribution in [-0.4, -0.2) is 40.6 Å². The highest BCUT2D eigenvalue weighted by atomic mass is 16.4. The predicted octanol–water partition coefficient (Wildman–Crippen LogP) is 2.32. The highest BCUT2D eigenvalue weighted by Crippen LogP contribution is 2.33. The Morgan fingerprint density at radius 3 is 2.26 bits per heavy atom. The third-order valence-corrected chi connectivity index (χ3v) is 3.74. The number of aliphatic carboxylic acids is 1. The predicted molar refractivity (Wildman–Crippen MR) is 74.0 cm³/mol. The SMILES string of the molecule is CC(C)(CC(=O)O)NC(=O)N1CCC(C(C)(C)C)C1. The smallest absolute Gasteiger partial charge is 0.317 e. The van der Waals surface area contributed by atoms with Gasteiger partial charge in [0.15, 0.2) is 0 Å². The zero-order valence-electron chi connectivity index (χ0n) is 12.6. The number of carbonyl (C=O) groups excluding carboxylic acids is 1. The number of hydrogen-bond acceptors (Lipinski definition) is 2. The number of nitrogens with one attached hydrogen (secondary N) is 1. The average molecular weight is 270 g/mol. The van der Waals surface area contributed by atoms with E-state index >= 15 is 0 Å². The van der Waals surface area contributed by atoms with Crippen molar-refractivity contribution in [3.8, 4) is 0 Å². The topological polar surface area (TPSA) is 69.6 Å². The van der Waals surface area contributed by atoms with Gasteiger partial charge in [0.2, 0.25) is 0 Å². The number of nitrogens with zero attached hydrogens (tertiary/aromatic N) is 1. The van der Waals surface area contributed by atoms with E-state index in [4.69, 9.17) is 5.11 Å². The number of likely N-dealkylation sites (tertiary alicyclic amines) is 1. The van der Waals surface area contributed by atoms with E-state index in [9.17, 15) is 9.59 Å². The second-order valence-corrected chi connectivity index (χ2v) is 7.18. The average Bonchev–Trinajstić information content (AvgIpc) is 2.61. The van der Waals surface area contributed by atoms with E-state index in [0.29, 0.717) is 5.92 Å². The fourth-order valence-electron chi connectivity index (χ4n) is 2.44. The number of carbonyl (C=O) groups is 2. The summed E-state index contributed by atoms with van der Waals surface area (Å²) >= 11 is 0. The number of carboxylic acids is 1. The monoisotopic (exact) mass is 270 g/mol. The standard InChI is InChI=1S/C14H26N2O3/c1-13(2,3)10-6-7-16(9-10)12(19)15-14(4,5)8-11(17)18/h10H,6-9H2,1-5H3,(H,15,19)(H,17,18). The Morgan fingerprint density at radius 2 is 1.84 bits per heavy atom. The van der Waals surface area contributed by atoms with Gasteiger partial charge in [-0.15, -0.1) is 0 Å². The summed E-state index contributed by atoms with van der Waals surface area (Å²) in [5.41, 5.74) is -0.519. The van der Waals surface area contributed by atoms with Gasteiger partial charge in [0.05, 0.1) is 6.42 Å². The van der Waals surface area contributed by atoms with Crippen molar-refractivity contribution in [1.29, 1.82) is 0 Å². The van der Waals surface area contributed by atoms with Gasteiger partial charge in [0.25, 0.3) is 0 Å². The summed E-state index contributed by atoms with van der Waals surface area (Å²) < 4.78 is 0. The van der Waals surface area contributed by atoms with Crippen LogP contribution in [-0.2, 0) is 4.79 Å². The number of amides is 2. The lowest BCUT2D eigenvalue weighted by Crippen LogP contribution is -2.50. The first-order valence-electron chi connectivity index (χ1n) is 6.80. The van der Waals surface area contributed by atoms with Crippen molar-refractivity contribution in [2.75, 3.05) is 13.1 Å². The summed E-state index contributed by atoms with van der Waals surface area (Å²) in [6, 6.07) is -0.155. The highest BCUT2D eigenvalue weighted by Gasteiger charge is 2.35. The van der Waals surface area contributed by atoms with Crippen molar-refractivity contribution in [2.45, 2.75) is 53.0 Å². The molecule has 0 spiro atoms. The second kappa shape index (κ2) is 5.39. The van der Waals surface area contributed by atoms with Crippen LogP contribution in [0.2, 0.25) is 0 Å². The molecule has 0 aliphatic carbocycles. The van der Waals surface area contributed by atoms with Crippen molar-refractivity contribution in [1.82, 2.24) is 10.2 Å². The van der Waals surface area contributed by atoms with Gasteiger partial charge in [-0.3, -0.25) is 4.79 Å². The van der Waals surface area contributed by atoms with Crippen LogP contribution in [0, 0.1) is 11.3 Å². The maximum absolute atomic E-state index is 12.1. The number of hydrogen-bond donors (Lipinski definition) is 2. The Balaban J connectivity index is 2.54. The Labute approximate surface area is 115 Å². The lowest BCUT2D eigenvalue weighted by Gasteiger charge is -2.29. The molecule has 0 aromatic rings. The van der Waals surface area contributed by atoms with Crippen LogP contribution in [0.1, 0.15) is 47.5 Å². The summed E-state index contributed by atoms with van der Waals surface area (Å²) in [5, 5.41) is 11.6. The molecule has 0 radical (unpaired) electrons. The molecule has 5 heteroatoms. The van der Waals surface area contributed by atoms with Crippen molar-refractivity contribution < 1.29 is 14.7 Å². The van der Waals surface area contributed by atoms with Gasteiger partial charge in [-0.05, 0) is 31.6 Å². The molecule has 110 valence electrons. The fraction of sp³-hybridized carbons (Fsp3) is 0.857. The number of rotatable bonds is 3. The number of urea groups is 1. The largest absolute Gasteiger partial charge is 0.481 e. The Hall–Kier alpha value is -1.26. The molecular weight excluding hydrogens is 244 g/mol. The van der Waals surface area contributed by atoms with Gasteiger partial charge >= 0.3 is 12.0 Å². The van der Waals surface area contributed by atoms with E-state index in [1.54, 1.807) is 18.7 Å². The normalized spacial score (nSPS) is 20.5. The van der Waals surface area contributed by atoms with E-state index in [0.717, 1.165) is 19.5 Å². The van der Waals surface area contributed by atoms with Crippen molar-refractivity contribution >= 4 is 12.0 Å². The van der Waals surface area contributed by atoms with Crippen LogP contribution in [0.25, 0.3) is 0 Å². The van der Waals surface area contributed by atoms with E-state index < -0.39 is 11.5 Å². The summed E-state index contributed by atoms with van der Waals surface area (Å²) in [4.78, 5) is 24.7. The Morgan fingerprint density at radius 1 is 1.26 bits per heavy atom. The van der Waals surface area contributed by atoms with Gasteiger partial charge in [0.1, 0.15) is 0 Å². The molecule has 5 nitrogen and oxygen atoms in total. The van der Waals surface area contributed by atoms with Gasteiger partial charge in [-0.25, -0.2) is 4.79 Å². The first-order chi connectivity index (χ1) is 8.51. The van der Waals surface area contributed by atoms with Crippen LogP contribution in [0.4, 0.5) is 4.79 Å². The lowest BCUT2D eigenvalue weighted by molar-refractivity contribution is -0.138. The Bertz CT molecular complexity index is 358. The molecule has 0 aromatic heterocycles. The second-order valence-electron chi connectivity index (χ2n) is 7.18. The van der Waals surface area contributed by atoms with Crippen LogP contribution < -0.4 is 5.32 Å². The van der Waals surface area contributed by atoms with E-state index in [-0.39, 0.29) is 17.9 Å². The summed E-state index contributed by atoms with van der Waals surface area (Å²) in [5.74, 6) is -0.403.